The van der Waals surface area contributed by atoms with Crippen LogP contribution in [0, 0.1) is 0 Å². The van der Waals surface area contributed by atoms with Crippen LogP contribution in [-0.2, 0) is 0 Å². The fourth-order valence-corrected chi connectivity index (χ4v) is 4.02. The lowest BCUT2D eigenvalue weighted by Crippen LogP contribution is -1.98. The molecule has 0 amide bonds. The van der Waals surface area contributed by atoms with Crippen LogP contribution in [0.4, 0.5) is 11.5 Å². The Morgan fingerprint density at radius 3 is 2.56 bits per heavy atom. The lowest BCUT2D eigenvalue weighted by Gasteiger charge is -2.13. The smallest absolute Gasteiger partial charge is 0.146 e. The van der Waals surface area contributed by atoms with Gasteiger partial charge in [-0.2, -0.15) is 0 Å². The van der Waals surface area contributed by atoms with E-state index < -0.39 is 0 Å². The number of anilines is 2. The lowest BCUT2D eigenvalue weighted by molar-refractivity contribution is 0.395. The third kappa shape index (κ3) is 3.48. The average molecular weight is 442 g/mol. The molecule has 0 aliphatic rings. The van der Waals surface area contributed by atoms with Crippen molar-refractivity contribution >= 4 is 49.0 Å². The van der Waals surface area contributed by atoms with Crippen LogP contribution in [0.25, 0.3) is 21.3 Å². The van der Waals surface area contributed by atoms with Crippen molar-refractivity contribution in [2.24, 2.45) is 0 Å². The lowest BCUT2D eigenvalue weighted by atomic mass is 10.1. The second kappa shape index (κ2) is 7.54. The molecular weight excluding hydrogens is 426 g/mol. The van der Waals surface area contributed by atoms with Gasteiger partial charge < -0.3 is 14.8 Å². The zero-order valence-corrected chi connectivity index (χ0v) is 17.1. The summed E-state index contributed by atoms with van der Waals surface area (Å²) in [6.45, 7) is 0. The molecule has 1 N–H and O–H groups in total. The maximum atomic E-state index is 5.49. The number of benzene rings is 2. The number of hydrogen-bond donors (Lipinski definition) is 1. The molecule has 2 aromatic carbocycles. The summed E-state index contributed by atoms with van der Waals surface area (Å²) in [5.41, 5.74) is 3.02. The van der Waals surface area contributed by atoms with E-state index in [9.17, 15) is 0 Å². The van der Waals surface area contributed by atoms with Crippen LogP contribution in [0.15, 0.2) is 58.6 Å². The number of thiophene rings is 1. The van der Waals surface area contributed by atoms with Gasteiger partial charge >= 0.3 is 0 Å². The van der Waals surface area contributed by atoms with Crippen molar-refractivity contribution in [1.29, 1.82) is 0 Å². The van der Waals surface area contributed by atoms with Gasteiger partial charge in [-0.15, -0.1) is 11.3 Å². The SMILES string of the molecule is COc1ccc(Nc2ncnc3scc(-c4ccc(Br)cc4)c23)c(OC)c1. The Bertz CT molecular complexity index is 1100. The van der Waals surface area contributed by atoms with Crippen molar-refractivity contribution in [2.45, 2.75) is 0 Å². The monoisotopic (exact) mass is 441 g/mol. The standard InChI is InChI=1S/C20H16BrN3O2S/c1-25-14-7-8-16(17(9-14)26-2)24-19-18-15(10-27-20(18)23-11-22-19)12-3-5-13(21)6-4-12/h3-11H,1-2H3,(H,22,23,24). The summed E-state index contributed by atoms with van der Waals surface area (Å²) in [4.78, 5) is 9.84. The van der Waals surface area contributed by atoms with Crippen LogP contribution in [0.1, 0.15) is 0 Å². The molecular formula is C20H16BrN3O2S. The molecule has 0 saturated heterocycles. The first-order valence-electron chi connectivity index (χ1n) is 8.17. The maximum absolute atomic E-state index is 5.49. The van der Waals surface area contributed by atoms with Crippen LogP contribution in [0.5, 0.6) is 11.5 Å². The predicted octanol–water partition coefficient (Wildman–Crippen LogP) is 5.88. The molecule has 136 valence electrons. The van der Waals surface area contributed by atoms with Crippen molar-refractivity contribution in [2.75, 3.05) is 19.5 Å². The number of halogens is 1. The number of rotatable bonds is 5. The Morgan fingerprint density at radius 1 is 1.00 bits per heavy atom. The third-order valence-electron chi connectivity index (χ3n) is 4.19. The molecule has 0 radical (unpaired) electrons. The first-order valence-corrected chi connectivity index (χ1v) is 9.84. The van der Waals surface area contributed by atoms with E-state index in [0.717, 1.165) is 43.1 Å². The van der Waals surface area contributed by atoms with Crippen molar-refractivity contribution < 1.29 is 9.47 Å². The van der Waals surface area contributed by atoms with E-state index in [0.29, 0.717) is 5.75 Å². The van der Waals surface area contributed by atoms with Crippen LogP contribution in [0.3, 0.4) is 0 Å². The average Bonchev–Trinajstić information content (AvgIpc) is 3.14. The highest BCUT2D eigenvalue weighted by Crippen LogP contribution is 2.39. The highest BCUT2D eigenvalue weighted by Gasteiger charge is 2.15. The van der Waals surface area contributed by atoms with E-state index >= 15 is 0 Å². The molecule has 0 unspecified atom stereocenters. The molecule has 2 heterocycles. The van der Waals surface area contributed by atoms with Crippen LogP contribution < -0.4 is 14.8 Å². The Kier molecular flexibility index (Phi) is 4.96. The molecule has 5 nitrogen and oxygen atoms in total. The summed E-state index contributed by atoms with van der Waals surface area (Å²) >= 11 is 5.09. The number of aromatic nitrogens is 2. The molecule has 0 aliphatic heterocycles. The summed E-state index contributed by atoms with van der Waals surface area (Å²) in [5, 5.41) is 6.49. The minimum Gasteiger partial charge on any atom is -0.497 e. The number of methoxy groups -OCH3 is 2. The first kappa shape index (κ1) is 17.8. The van der Waals surface area contributed by atoms with E-state index in [2.05, 4.69) is 48.7 Å². The highest BCUT2D eigenvalue weighted by atomic mass is 79.9. The summed E-state index contributed by atoms with van der Waals surface area (Å²) in [6.07, 6.45) is 1.57. The Hall–Kier alpha value is -2.64. The molecule has 0 atom stereocenters. The third-order valence-corrected chi connectivity index (χ3v) is 5.60. The number of hydrogen-bond acceptors (Lipinski definition) is 6. The molecule has 0 spiro atoms. The first-order chi connectivity index (χ1) is 13.2. The number of fused-ring (bicyclic) bond motifs is 1. The van der Waals surface area contributed by atoms with E-state index in [-0.39, 0.29) is 0 Å². The summed E-state index contributed by atoms with van der Waals surface area (Å²) in [5.74, 6) is 2.15. The predicted molar refractivity (Wildman–Crippen MR) is 113 cm³/mol. The van der Waals surface area contributed by atoms with Gasteiger partial charge in [0.1, 0.15) is 28.5 Å². The molecule has 0 saturated carbocycles. The van der Waals surface area contributed by atoms with Gasteiger partial charge in [0.25, 0.3) is 0 Å². The van der Waals surface area contributed by atoms with E-state index in [1.807, 2.05) is 30.3 Å². The zero-order chi connectivity index (χ0) is 18.8. The van der Waals surface area contributed by atoms with Crippen LogP contribution in [0.2, 0.25) is 0 Å². The molecule has 0 aliphatic carbocycles. The topological polar surface area (TPSA) is 56.3 Å². The Balaban J connectivity index is 1.81. The van der Waals surface area contributed by atoms with Crippen molar-refractivity contribution in [3.8, 4) is 22.6 Å². The van der Waals surface area contributed by atoms with Crippen molar-refractivity contribution in [3.05, 3.63) is 58.6 Å². The van der Waals surface area contributed by atoms with E-state index in [1.165, 1.54) is 0 Å². The molecule has 0 bridgehead atoms. The summed E-state index contributed by atoms with van der Waals surface area (Å²) < 4.78 is 11.8. The van der Waals surface area contributed by atoms with Gasteiger partial charge in [0.15, 0.2) is 0 Å². The molecule has 2 aromatic heterocycles. The van der Waals surface area contributed by atoms with Crippen molar-refractivity contribution in [3.63, 3.8) is 0 Å². The summed E-state index contributed by atoms with van der Waals surface area (Å²) in [7, 11) is 3.26. The van der Waals surface area contributed by atoms with Gasteiger partial charge in [-0.25, -0.2) is 9.97 Å². The fourth-order valence-electron chi connectivity index (χ4n) is 2.84. The van der Waals surface area contributed by atoms with Gasteiger partial charge in [0.2, 0.25) is 0 Å². The Labute approximate surface area is 169 Å². The molecule has 7 heteroatoms. The molecule has 0 fully saturated rings. The van der Waals surface area contributed by atoms with Crippen molar-refractivity contribution in [1.82, 2.24) is 9.97 Å². The molecule has 4 rings (SSSR count). The highest BCUT2D eigenvalue weighted by molar-refractivity contribution is 9.10. The zero-order valence-electron chi connectivity index (χ0n) is 14.7. The van der Waals surface area contributed by atoms with E-state index in [1.54, 1.807) is 31.9 Å². The second-order valence-corrected chi connectivity index (χ2v) is 7.52. The van der Waals surface area contributed by atoms with Gasteiger partial charge in [-0.05, 0) is 29.8 Å². The minimum atomic E-state index is 0.682. The quantitative estimate of drug-likeness (QED) is 0.418. The fraction of sp³-hybridized carbons (Fsp3) is 0.100. The number of nitrogens with one attached hydrogen (secondary N) is 1. The molecule has 4 aromatic rings. The van der Waals surface area contributed by atoms with Gasteiger partial charge in [-0.1, -0.05) is 28.1 Å². The van der Waals surface area contributed by atoms with Gasteiger partial charge in [0, 0.05) is 21.5 Å². The maximum Gasteiger partial charge on any atom is 0.146 e. The molecule has 27 heavy (non-hydrogen) atoms. The minimum absolute atomic E-state index is 0.682. The number of nitrogens with zero attached hydrogens (tertiary/aromatic N) is 2. The summed E-state index contributed by atoms with van der Waals surface area (Å²) in [6, 6.07) is 13.9. The van der Waals surface area contributed by atoms with E-state index in [4.69, 9.17) is 9.47 Å². The second-order valence-electron chi connectivity index (χ2n) is 5.75. The Morgan fingerprint density at radius 2 is 1.81 bits per heavy atom. The van der Waals surface area contributed by atoms with Crippen LogP contribution >= 0.6 is 27.3 Å². The number of ether oxygens (including phenoxy) is 2. The largest absolute Gasteiger partial charge is 0.497 e. The normalized spacial score (nSPS) is 10.8. The van der Waals surface area contributed by atoms with Gasteiger partial charge in [0.05, 0.1) is 25.3 Å². The van der Waals surface area contributed by atoms with Crippen LogP contribution in [-0.4, -0.2) is 24.2 Å². The van der Waals surface area contributed by atoms with Gasteiger partial charge in [-0.3, -0.25) is 0 Å².